The van der Waals surface area contributed by atoms with Crippen LogP contribution in [0.2, 0.25) is 5.15 Å². The molecule has 1 aliphatic heterocycles. The van der Waals surface area contributed by atoms with Crippen molar-refractivity contribution in [2.75, 3.05) is 26.7 Å². The Kier molecular flexibility index (Phi) is 4.15. The van der Waals surface area contributed by atoms with Gasteiger partial charge in [0.15, 0.2) is 0 Å². The zero-order chi connectivity index (χ0) is 15.8. The maximum absolute atomic E-state index is 12.6. The Labute approximate surface area is 127 Å². The first-order valence-corrected chi connectivity index (χ1v) is 6.90. The summed E-state index contributed by atoms with van der Waals surface area (Å²) in [5.74, 6) is -0.322. The fourth-order valence-electron chi connectivity index (χ4n) is 2.27. The molecule has 114 valence electrons. The van der Waals surface area contributed by atoms with Gasteiger partial charge < -0.3 is 4.90 Å². The van der Waals surface area contributed by atoms with Crippen LogP contribution in [-0.4, -0.2) is 57.8 Å². The van der Waals surface area contributed by atoms with Gasteiger partial charge in [-0.3, -0.25) is 19.8 Å². The molecule has 21 heavy (non-hydrogen) atoms. The average Bonchev–Trinajstić information content (AvgIpc) is 2.41. The van der Waals surface area contributed by atoms with E-state index in [1.165, 1.54) is 6.07 Å². The molecule has 1 fully saturated rings. The van der Waals surface area contributed by atoms with Crippen LogP contribution < -0.4 is 0 Å². The van der Waals surface area contributed by atoms with Crippen molar-refractivity contribution in [3.63, 3.8) is 0 Å². The number of amides is 1. The van der Waals surface area contributed by atoms with Gasteiger partial charge >= 0.3 is 0 Å². The molecule has 1 aliphatic rings. The first-order valence-electron chi connectivity index (χ1n) is 6.53. The highest BCUT2D eigenvalue weighted by Gasteiger charge is 2.34. The standard InChI is InChI=1S/C13H17ClN4O3/c1-13(2)8-17(5-4-16(13)3)12(19)10-6-9(18(20)21)7-15-11(10)14/h6-7H,4-5,8H2,1-3H3. The largest absolute Gasteiger partial charge is 0.335 e. The van der Waals surface area contributed by atoms with Crippen molar-refractivity contribution < 1.29 is 9.72 Å². The lowest BCUT2D eigenvalue weighted by Crippen LogP contribution is -2.58. The van der Waals surface area contributed by atoms with Gasteiger partial charge in [0.05, 0.1) is 10.5 Å². The second-order valence-electron chi connectivity index (χ2n) is 5.75. The summed E-state index contributed by atoms with van der Waals surface area (Å²) in [6, 6.07) is 1.18. The van der Waals surface area contributed by atoms with Gasteiger partial charge in [-0.05, 0) is 20.9 Å². The summed E-state index contributed by atoms with van der Waals surface area (Å²) in [5.41, 5.74) is -0.323. The van der Waals surface area contributed by atoms with Gasteiger partial charge in [-0.1, -0.05) is 11.6 Å². The van der Waals surface area contributed by atoms with Crippen LogP contribution >= 0.6 is 11.6 Å². The molecule has 2 heterocycles. The smallest absolute Gasteiger partial charge is 0.288 e. The summed E-state index contributed by atoms with van der Waals surface area (Å²) in [6.45, 7) is 5.90. The Morgan fingerprint density at radius 2 is 2.14 bits per heavy atom. The number of pyridine rings is 1. The molecule has 0 atom stereocenters. The van der Waals surface area contributed by atoms with Crippen LogP contribution in [0.3, 0.4) is 0 Å². The molecule has 0 spiro atoms. The van der Waals surface area contributed by atoms with E-state index in [-0.39, 0.29) is 27.9 Å². The van der Waals surface area contributed by atoms with E-state index in [2.05, 4.69) is 9.88 Å². The van der Waals surface area contributed by atoms with Gasteiger partial charge in [-0.15, -0.1) is 0 Å². The minimum Gasteiger partial charge on any atom is -0.335 e. The van der Waals surface area contributed by atoms with Crippen LogP contribution in [0.1, 0.15) is 24.2 Å². The molecular formula is C13H17ClN4O3. The van der Waals surface area contributed by atoms with E-state index in [4.69, 9.17) is 11.6 Å². The van der Waals surface area contributed by atoms with E-state index >= 15 is 0 Å². The SMILES string of the molecule is CN1CCN(C(=O)c2cc([N+](=O)[O-])cnc2Cl)CC1(C)C. The molecule has 0 aromatic carbocycles. The van der Waals surface area contributed by atoms with E-state index in [0.717, 1.165) is 12.7 Å². The number of carbonyl (C=O) groups excluding carboxylic acids is 1. The molecule has 0 unspecified atom stereocenters. The number of carbonyl (C=O) groups is 1. The summed E-state index contributed by atoms with van der Waals surface area (Å²) in [7, 11) is 2.00. The number of hydrogen-bond acceptors (Lipinski definition) is 5. The van der Waals surface area contributed by atoms with E-state index in [0.29, 0.717) is 13.1 Å². The van der Waals surface area contributed by atoms with Crippen molar-refractivity contribution in [1.29, 1.82) is 0 Å². The van der Waals surface area contributed by atoms with Crippen molar-refractivity contribution in [3.8, 4) is 0 Å². The van der Waals surface area contributed by atoms with Crippen molar-refractivity contribution in [2.45, 2.75) is 19.4 Å². The number of nitrogens with zero attached hydrogens (tertiary/aromatic N) is 4. The topological polar surface area (TPSA) is 79.6 Å². The molecular weight excluding hydrogens is 296 g/mol. The van der Waals surface area contributed by atoms with E-state index in [9.17, 15) is 14.9 Å². The molecule has 0 saturated carbocycles. The highest BCUT2D eigenvalue weighted by Crippen LogP contribution is 2.24. The third-order valence-electron chi connectivity index (χ3n) is 3.87. The summed E-state index contributed by atoms with van der Waals surface area (Å²) in [5, 5.41) is 10.8. The van der Waals surface area contributed by atoms with E-state index < -0.39 is 4.92 Å². The zero-order valence-electron chi connectivity index (χ0n) is 12.2. The summed E-state index contributed by atoms with van der Waals surface area (Å²) in [6.07, 6.45) is 1.05. The van der Waals surface area contributed by atoms with Crippen LogP contribution in [-0.2, 0) is 0 Å². The predicted molar refractivity (Wildman–Crippen MR) is 78.5 cm³/mol. The van der Waals surface area contributed by atoms with Crippen LogP contribution in [0.4, 0.5) is 5.69 Å². The molecule has 1 saturated heterocycles. The maximum atomic E-state index is 12.6. The van der Waals surface area contributed by atoms with Crippen molar-refractivity contribution in [2.24, 2.45) is 0 Å². The summed E-state index contributed by atoms with van der Waals surface area (Å²) < 4.78 is 0. The fraction of sp³-hybridized carbons (Fsp3) is 0.538. The Balaban J connectivity index is 2.28. The number of nitro groups is 1. The maximum Gasteiger partial charge on any atom is 0.288 e. The quantitative estimate of drug-likeness (QED) is 0.473. The third-order valence-corrected chi connectivity index (χ3v) is 4.17. The minimum absolute atomic E-state index is 0.0117. The normalized spacial score (nSPS) is 18.6. The van der Waals surface area contributed by atoms with Crippen LogP contribution in [0.15, 0.2) is 12.3 Å². The van der Waals surface area contributed by atoms with Gasteiger partial charge in [0, 0.05) is 31.2 Å². The Morgan fingerprint density at radius 3 is 2.71 bits per heavy atom. The summed E-state index contributed by atoms with van der Waals surface area (Å²) >= 11 is 5.92. The molecule has 7 nitrogen and oxygen atoms in total. The Bertz CT molecular complexity index is 591. The summed E-state index contributed by atoms with van der Waals surface area (Å²) in [4.78, 5) is 30.3. The first-order chi connectivity index (χ1) is 9.72. The van der Waals surface area contributed by atoms with Crippen LogP contribution in [0.25, 0.3) is 0 Å². The zero-order valence-corrected chi connectivity index (χ0v) is 12.9. The highest BCUT2D eigenvalue weighted by molar-refractivity contribution is 6.32. The average molecular weight is 313 g/mol. The first kappa shape index (κ1) is 15.7. The molecule has 1 aromatic rings. The van der Waals surface area contributed by atoms with E-state index in [1.807, 2.05) is 20.9 Å². The second-order valence-corrected chi connectivity index (χ2v) is 6.11. The monoisotopic (exact) mass is 312 g/mol. The van der Waals surface area contributed by atoms with Gasteiger partial charge in [-0.25, -0.2) is 4.98 Å². The molecule has 0 radical (unpaired) electrons. The van der Waals surface area contributed by atoms with Gasteiger partial charge in [0.1, 0.15) is 11.3 Å². The van der Waals surface area contributed by atoms with Crippen molar-refractivity contribution in [3.05, 3.63) is 33.1 Å². The minimum atomic E-state index is -0.589. The molecule has 0 N–H and O–H groups in total. The third kappa shape index (κ3) is 3.14. The highest BCUT2D eigenvalue weighted by atomic mass is 35.5. The molecule has 8 heteroatoms. The van der Waals surface area contributed by atoms with Gasteiger partial charge in [-0.2, -0.15) is 0 Å². The Hall–Kier alpha value is -1.73. The fourth-order valence-corrected chi connectivity index (χ4v) is 2.45. The molecule has 1 amide bonds. The van der Waals surface area contributed by atoms with Crippen LogP contribution in [0, 0.1) is 10.1 Å². The lowest BCUT2D eigenvalue weighted by Gasteiger charge is -2.45. The number of rotatable bonds is 2. The van der Waals surface area contributed by atoms with Gasteiger partial charge in [0.2, 0.25) is 0 Å². The number of piperazine rings is 1. The predicted octanol–water partition coefficient (Wildman–Crippen LogP) is 1.81. The lowest BCUT2D eigenvalue weighted by atomic mass is 9.99. The molecule has 0 aliphatic carbocycles. The molecule has 1 aromatic heterocycles. The van der Waals surface area contributed by atoms with Crippen molar-refractivity contribution >= 4 is 23.2 Å². The lowest BCUT2D eigenvalue weighted by molar-refractivity contribution is -0.385. The molecule has 2 rings (SSSR count). The second kappa shape index (κ2) is 5.57. The number of hydrogen-bond donors (Lipinski definition) is 0. The molecule has 0 bridgehead atoms. The number of aromatic nitrogens is 1. The van der Waals surface area contributed by atoms with E-state index in [1.54, 1.807) is 4.90 Å². The van der Waals surface area contributed by atoms with Crippen molar-refractivity contribution in [1.82, 2.24) is 14.8 Å². The van der Waals surface area contributed by atoms with Gasteiger partial charge in [0.25, 0.3) is 11.6 Å². The number of halogens is 1. The Morgan fingerprint density at radius 1 is 1.48 bits per heavy atom. The number of likely N-dealkylation sites (N-methyl/N-ethyl adjacent to an activating group) is 1. The van der Waals surface area contributed by atoms with Crippen LogP contribution in [0.5, 0.6) is 0 Å².